The molecule has 0 spiro atoms. The van der Waals surface area contributed by atoms with E-state index < -0.39 is 0 Å². The summed E-state index contributed by atoms with van der Waals surface area (Å²) in [6, 6.07) is 4.69. The summed E-state index contributed by atoms with van der Waals surface area (Å²) in [5, 5.41) is 3.11. The standard InChI is InChI=1S/C13H14BrFN2O2/c1-18-5-4-16-8-13-17-7-12(19-13)10-6-9(14)2-3-11(10)15/h2-3,6-7,16H,4-5,8H2,1H3. The van der Waals surface area contributed by atoms with Crippen molar-refractivity contribution in [3.05, 3.63) is 40.6 Å². The quantitative estimate of drug-likeness (QED) is 0.828. The number of oxazole rings is 1. The predicted molar refractivity (Wildman–Crippen MR) is 73.2 cm³/mol. The zero-order chi connectivity index (χ0) is 13.7. The molecular formula is C13H14BrFN2O2. The van der Waals surface area contributed by atoms with Gasteiger partial charge < -0.3 is 14.5 Å². The van der Waals surface area contributed by atoms with Crippen LogP contribution in [-0.2, 0) is 11.3 Å². The summed E-state index contributed by atoms with van der Waals surface area (Å²) in [4.78, 5) is 4.11. The molecule has 0 saturated carbocycles. The molecule has 0 saturated heterocycles. The second kappa shape index (κ2) is 6.79. The average Bonchev–Trinajstić information content (AvgIpc) is 2.86. The van der Waals surface area contributed by atoms with Gasteiger partial charge >= 0.3 is 0 Å². The van der Waals surface area contributed by atoms with Gasteiger partial charge in [-0.1, -0.05) is 15.9 Å². The van der Waals surface area contributed by atoms with Gasteiger partial charge in [0.15, 0.2) is 5.76 Å². The maximum atomic E-state index is 13.7. The average molecular weight is 329 g/mol. The van der Waals surface area contributed by atoms with Crippen molar-refractivity contribution >= 4 is 15.9 Å². The van der Waals surface area contributed by atoms with Crippen molar-refractivity contribution in [2.45, 2.75) is 6.54 Å². The maximum absolute atomic E-state index is 13.7. The largest absolute Gasteiger partial charge is 0.439 e. The van der Waals surface area contributed by atoms with E-state index in [2.05, 4.69) is 26.2 Å². The molecule has 0 aliphatic carbocycles. The lowest BCUT2D eigenvalue weighted by molar-refractivity contribution is 0.198. The van der Waals surface area contributed by atoms with Crippen LogP contribution in [-0.4, -0.2) is 25.2 Å². The molecule has 0 amide bonds. The number of hydrogen-bond acceptors (Lipinski definition) is 4. The number of methoxy groups -OCH3 is 1. The van der Waals surface area contributed by atoms with Crippen molar-refractivity contribution in [2.75, 3.05) is 20.3 Å². The number of nitrogens with zero attached hydrogens (tertiary/aromatic N) is 1. The first-order valence-corrected chi connectivity index (χ1v) is 6.60. The van der Waals surface area contributed by atoms with Crippen LogP contribution in [0, 0.1) is 5.82 Å². The third-order valence-corrected chi connectivity index (χ3v) is 3.00. The van der Waals surface area contributed by atoms with Gasteiger partial charge in [-0.2, -0.15) is 0 Å². The number of hydrogen-bond donors (Lipinski definition) is 1. The number of aromatic nitrogens is 1. The van der Waals surface area contributed by atoms with Gasteiger partial charge in [0, 0.05) is 18.1 Å². The van der Waals surface area contributed by atoms with Crippen molar-refractivity contribution in [2.24, 2.45) is 0 Å². The first kappa shape index (κ1) is 14.2. The first-order valence-electron chi connectivity index (χ1n) is 5.80. The fraction of sp³-hybridized carbons (Fsp3) is 0.308. The molecule has 102 valence electrons. The summed E-state index contributed by atoms with van der Waals surface area (Å²) in [6.07, 6.45) is 1.53. The minimum atomic E-state index is -0.335. The van der Waals surface area contributed by atoms with Crippen LogP contribution in [0.15, 0.2) is 33.3 Å². The molecule has 0 atom stereocenters. The second-order valence-corrected chi connectivity index (χ2v) is 4.83. The number of halogens is 2. The molecule has 4 nitrogen and oxygen atoms in total. The maximum Gasteiger partial charge on any atom is 0.208 e. The van der Waals surface area contributed by atoms with Crippen LogP contribution in [0.4, 0.5) is 4.39 Å². The van der Waals surface area contributed by atoms with Crippen molar-refractivity contribution in [1.29, 1.82) is 0 Å². The zero-order valence-electron chi connectivity index (χ0n) is 10.5. The Kier molecular flexibility index (Phi) is 5.07. The van der Waals surface area contributed by atoms with Gasteiger partial charge in [0.05, 0.1) is 24.9 Å². The molecule has 0 radical (unpaired) electrons. The summed E-state index contributed by atoms with van der Waals surface area (Å²) in [6.45, 7) is 1.81. The SMILES string of the molecule is COCCNCc1ncc(-c2cc(Br)ccc2F)o1. The van der Waals surface area contributed by atoms with Gasteiger partial charge in [-0.25, -0.2) is 9.37 Å². The highest BCUT2D eigenvalue weighted by atomic mass is 79.9. The Labute approximate surface area is 119 Å². The zero-order valence-corrected chi connectivity index (χ0v) is 12.0. The lowest BCUT2D eigenvalue weighted by atomic mass is 10.2. The molecule has 2 rings (SSSR count). The smallest absolute Gasteiger partial charge is 0.208 e. The molecule has 1 N–H and O–H groups in total. The topological polar surface area (TPSA) is 47.3 Å². The number of rotatable bonds is 6. The Morgan fingerprint density at radius 2 is 2.32 bits per heavy atom. The Bertz CT molecular complexity index is 545. The Morgan fingerprint density at radius 1 is 1.47 bits per heavy atom. The monoisotopic (exact) mass is 328 g/mol. The minimum absolute atomic E-state index is 0.335. The summed E-state index contributed by atoms with van der Waals surface area (Å²) < 4.78 is 24.9. The van der Waals surface area contributed by atoms with E-state index in [1.807, 2.05) is 0 Å². The fourth-order valence-electron chi connectivity index (χ4n) is 1.57. The van der Waals surface area contributed by atoms with Crippen LogP contribution in [0.25, 0.3) is 11.3 Å². The second-order valence-electron chi connectivity index (χ2n) is 3.91. The van der Waals surface area contributed by atoms with E-state index in [0.717, 1.165) is 4.47 Å². The van der Waals surface area contributed by atoms with Crippen molar-refractivity contribution in [3.63, 3.8) is 0 Å². The summed E-state index contributed by atoms with van der Waals surface area (Å²) in [5.74, 6) is 0.603. The molecule has 0 unspecified atom stereocenters. The van der Waals surface area contributed by atoms with Gasteiger partial charge in [-0.15, -0.1) is 0 Å². The van der Waals surface area contributed by atoms with Gasteiger partial charge in [0.25, 0.3) is 0 Å². The molecule has 6 heteroatoms. The minimum Gasteiger partial charge on any atom is -0.439 e. The van der Waals surface area contributed by atoms with Crippen LogP contribution in [0.1, 0.15) is 5.89 Å². The highest BCUT2D eigenvalue weighted by molar-refractivity contribution is 9.10. The Morgan fingerprint density at radius 3 is 3.11 bits per heavy atom. The van der Waals surface area contributed by atoms with Crippen LogP contribution < -0.4 is 5.32 Å². The summed E-state index contributed by atoms with van der Waals surface area (Å²) >= 11 is 3.30. The van der Waals surface area contributed by atoms with Crippen LogP contribution >= 0.6 is 15.9 Å². The number of benzene rings is 1. The van der Waals surface area contributed by atoms with E-state index in [4.69, 9.17) is 9.15 Å². The van der Waals surface area contributed by atoms with E-state index >= 15 is 0 Å². The highest BCUT2D eigenvalue weighted by Crippen LogP contribution is 2.26. The van der Waals surface area contributed by atoms with Crippen LogP contribution in [0.2, 0.25) is 0 Å². The van der Waals surface area contributed by atoms with E-state index in [-0.39, 0.29) is 5.82 Å². The van der Waals surface area contributed by atoms with Gasteiger partial charge in [0.1, 0.15) is 5.82 Å². The molecule has 0 fully saturated rings. The summed E-state index contributed by atoms with van der Waals surface area (Å²) in [7, 11) is 1.64. The lowest BCUT2D eigenvalue weighted by Gasteiger charge is -2.01. The van der Waals surface area contributed by atoms with Crippen LogP contribution in [0.5, 0.6) is 0 Å². The van der Waals surface area contributed by atoms with Gasteiger partial charge in [-0.05, 0) is 18.2 Å². The highest BCUT2D eigenvalue weighted by Gasteiger charge is 2.11. The number of ether oxygens (including phenoxy) is 1. The van der Waals surface area contributed by atoms with E-state index in [1.54, 1.807) is 19.2 Å². The van der Waals surface area contributed by atoms with Gasteiger partial charge in [0.2, 0.25) is 5.89 Å². The first-order chi connectivity index (χ1) is 9.20. The number of nitrogens with one attached hydrogen (secondary N) is 1. The van der Waals surface area contributed by atoms with E-state index in [0.29, 0.717) is 36.9 Å². The molecular weight excluding hydrogens is 315 g/mol. The summed E-state index contributed by atoms with van der Waals surface area (Å²) in [5.41, 5.74) is 0.394. The van der Waals surface area contributed by atoms with E-state index in [9.17, 15) is 4.39 Å². The molecule has 1 aromatic heterocycles. The molecule has 0 bridgehead atoms. The molecule has 1 heterocycles. The lowest BCUT2D eigenvalue weighted by Crippen LogP contribution is -2.18. The molecule has 2 aromatic rings. The Balaban J connectivity index is 2.06. The van der Waals surface area contributed by atoms with Gasteiger partial charge in [-0.3, -0.25) is 0 Å². The normalized spacial score (nSPS) is 10.9. The Hall–Kier alpha value is -1.24. The fourth-order valence-corrected chi connectivity index (χ4v) is 1.93. The van der Waals surface area contributed by atoms with E-state index in [1.165, 1.54) is 12.3 Å². The molecule has 19 heavy (non-hydrogen) atoms. The van der Waals surface area contributed by atoms with Crippen molar-refractivity contribution < 1.29 is 13.5 Å². The predicted octanol–water partition coefficient (Wildman–Crippen LogP) is 2.98. The van der Waals surface area contributed by atoms with Crippen LogP contribution in [0.3, 0.4) is 0 Å². The van der Waals surface area contributed by atoms with Crippen molar-refractivity contribution in [3.8, 4) is 11.3 Å². The third-order valence-electron chi connectivity index (χ3n) is 2.51. The third kappa shape index (κ3) is 3.86. The molecule has 0 aliphatic heterocycles. The van der Waals surface area contributed by atoms with Crippen molar-refractivity contribution in [1.82, 2.24) is 10.3 Å². The molecule has 1 aromatic carbocycles. The molecule has 0 aliphatic rings.